The van der Waals surface area contributed by atoms with Gasteiger partial charge in [0.05, 0.1) is 0 Å². The molecule has 0 saturated carbocycles. The fraction of sp³-hybridized carbons (Fsp3) is 0.550. The molecule has 0 N–H and O–H groups in total. The van der Waals surface area contributed by atoms with Crippen LogP contribution in [0.1, 0.15) is 60.2 Å². The molecule has 4 heteroatoms. The molecular formula is C20H29N4+. The van der Waals surface area contributed by atoms with Gasteiger partial charge in [0.15, 0.2) is 12.0 Å². The zero-order valence-electron chi connectivity index (χ0n) is 15.8. The maximum Gasteiger partial charge on any atom is 0.250 e. The van der Waals surface area contributed by atoms with Crippen LogP contribution in [0.5, 0.6) is 0 Å². The van der Waals surface area contributed by atoms with Gasteiger partial charge >= 0.3 is 0 Å². The number of pyridine rings is 1. The van der Waals surface area contributed by atoms with Crippen LogP contribution in [0.25, 0.3) is 11.5 Å². The van der Waals surface area contributed by atoms with Crippen LogP contribution < -0.4 is 4.57 Å². The molecule has 3 heterocycles. The lowest BCUT2D eigenvalue weighted by Gasteiger charge is -2.44. The highest BCUT2D eigenvalue weighted by molar-refractivity contribution is 5.48. The molecule has 0 saturated heterocycles. The molecule has 0 spiro atoms. The molecule has 2 aromatic rings. The summed E-state index contributed by atoms with van der Waals surface area (Å²) < 4.78 is 4.51. The Morgan fingerprint density at radius 2 is 1.96 bits per heavy atom. The van der Waals surface area contributed by atoms with Crippen LogP contribution in [0, 0.1) is 0 Å². The standard InChI is InChI=1S/C20H29N4/c1-8-19(7)20(9-2,10-3)23-14-12-11-13-15(23)16-21-17(18(4,5)6)22-24(16)19/h9,11-14H,2,8,10H2,1,3-7H3/q+1. The molecule has 0 fully saturated rings. The van der Waals surface area contributed by atoms with Crippen molar-refractivity contribution in [3.05, 3.63) is 42.9 Å². The Morgan fingerprint density at radius 1 is 1.25 bits per heavy atom. The second-order valence-electron chi connectivity index (χ2n) is 7.99. The molecule has 1 aliphatic heterocycles. The lowest BCUT2D eigenvalue weighted by Crippen LogP contribution is -2.70. The molecule has 0 amide bonds. The Labute approximate surface area is 145 Å². The van der Waals surface area contributed by atoms with Crippen LogP contribution in [0.15, 0.2) is 37.1 Å². The smallest absolute Gasteiger partial charge is 0.227 e. The SMILES string of the molecule is C=CC1(CC)[n+]2ccccc2-c2nc(C(C)(C)C)nn2C1(C)CC. The van der Waals surface area contributed by atoms with Crippen molar-refractivity contribution >= 4 is 0 Å². The van der Waals surface area contributed by atoms with Gasteiger partial charge in [-0.1, -0.05) is 41.2 Å². The lowest BCUT2D eigenvalue weighted by atomic mass is 9.72. The largest absolute Gasteiger partial charge is 0.250 e. The lowest BCUT2D eigenvalue weighted by molar-refractivity contribution is -0.761. The van der Waals surface area contributed by atoms with Gasteiger partial charge in [0.2, 0.25) is 11.4 Å². The minimum Gasteiger partial charge on any atom is -0.227 e. The van der Waals surface area contributed by atoms with E-state index in [0.29, 0.717) is 0 Å². The Morgan fingerprint density at radius 3 is 2.50 bits per heavy atom. The van der Waals surface area contributed by atoms with E-state index in [1.165, 1.54) is 0 Å². The van der Waals surface area contributed by atoms with E-state index in [1.807, 2.05) is 0 Å². The predicted octanol–water partition coefficient (Wildman–Crippen LogP) is 3.96. The molecule has 24 heavy (non-hydrogen) atoms. The zero-order chi connectivity index (χ0) is 17.8. The Balaban J connectivity index is 2.43. The summed E-state index contributed by atoms with van der Waals surface area (Å²) in [5, 5.41) is 4.98. The van der Waals surface area contributed by atoms with E-state index in [9.17, 15) is 0 Å². The van der Waals surface area contributed by atoms with E-state index in [1.54, 1.807) is 0 Å². The molecule has 0 aliphatic carbocycles. The second kappa shape index (κ2) is 5.27. The van der Waals surface area contributed by atoms with Crippen molar-refractivity contribution in [1.82, 2.24) is 14.8 Å². The van der Waals surface area contributed by atoms with Crippen LogP contribution >= 0.6 is 0 Å². The Hall–Kier alpha value is -1.97. The van der Waals surface area contributed by atoms with Gasteiger partial charge in [-0.15, -0.1) is 0 Å². The van der Waals surface area contributed by atoms with E-state index in [-0.39, 0.29) is 16.5 Å². The number of allylic oxidation sites excluding steroid dienone is 1. The number of hydrogen-bond acceptors (Lipinski definition) is 2. The van der Waals surface area contributed by atoms with Gasteiger partial charge in [0.1, 0.15) is 5.54 Å². The number of hydrogen-bond donors (Lipinski definition) is 0. The third kappa shape index (κ3) is 1.95. The molecule has 128 valence electrons. The molecule has 0 aromatic carbocycles. The van der Waals surface area contributed by atoms with Crippen molar-refractivity contribution < 1.29 is 4.57 Å². The third-order valence-corrected chi connectivity index (χ3v) is 5.76. The highest BCUT2D eigenvalue weighted by Crippen LogP contribution is 2.45. The molecule has 2 atom stereocenters. The first kappa shape index (κ1) is 16.9. The zero-order valence-corrected chi connectivity index (χ0v) is 15.8. The van der Waals surface area contributed by atoms with E-state index in [4.69, 9.17) is 10.1 Å². The second-order valence-corrected chi connectivity index (χ2v) is 7.99. The maximum atomic E-state index is 4.98. The quantitative estimate of drug-likeness (QED) is 0.632. The molecule has 0 radical (unpaired) electrons. The summed E-state index contributed by atoms with van der Waals surface area (Å²) in [6.45, 7) is 17.4. The topological polar surface area (TPSA) is 34.6 Å². The number of aromatic nitrogens is 4. The van der Waals surface area contributed by atoms with Gasteiger partial charge in [-0.2, -0.15) is 9.67 Å². The minimum atomic E-state index is -0.228. The average Bonchev–Trinajstić information content (AvgIpc) is 3.02. The Kier molecular flexibility index (Phi) is 3.70. The molecular weight excluding hydrogens is 296 g/mol. The van der Waals surface area contributed by atoms with Crippen LogP contribution in [-0.4, -0.2) is 14.8 Å². The van der Waals surface area contributed by atoms with E-state index in [0.717, 1.165) is 30.2 Å². The number of fused-ring (bicyclic) bond motifs is 3. The van der Waals surface area contributed by atoms with Crippen molar-refractivity contribution in [3.8, 4) is 11.5 Å². The molecule has 2 aromatic heterocycles. The highest BCUT2D eigenvalue weighted by atomic mass is 15.4. The molecule has 3 rings (SSSR count). The van der Waals surface area contributed by atoms with E-state index >= 15 is 0 Å². The van der Waals surface area contributed by atoms with Gasteiger partial charge in [-0.25, -0.2) is 9.67 Å². The Bertz CT molecular complexity index is 783. The van der Waals surface area contributed by atoms with Crippen LogP contribution in [-0.2, 0) is 16.5 Å². The van der Waals surface area contributed by atoms with Crippen LogP contribution in [0.4, 0.5) is 0 Å². The first-order chi connectivity index (χ1) is 11.2. The molecule has 0 bridgehead atoms. The van der Waals surface area contributed by atoms with Crippen molar-refractivity contribution in [1.29, 1.82) is 0 Å². The van der Waals surface area contributed by atoms with Crippen molar-refractivity contribution in [2.75, 3.05) is 0 Å². The minimum absolute atomic E-state index is 0.0817. The normalized spacial score (nSPS) is 25.9. The van der Waals surface area contributed by atoms with Crippen molar-refractivity contribution in [2.45, 2.75) is 70.9 Å². The summed E-state index contributed by atoms with van der Waals surface area (Å²) in [7, 11) is 0. The average molecular weight is 325 g/mol. The van der Waals surface area contributed by atoms with Gasteiger partial charge in [0.25, 0.3) is 5.69 Å². The third-order valence-electron chi connectivity index (χ3n) is 5.76. The first-order valence-corrected chi connectivity index (χ1v) is 8.88. The van der Waals surface area contributed by atoms with E-state index in [2.05, 4.69) is 87.8 Å². The van der Waals surface area contributed by atoms with Gasteiger partial charge in [-0.05, 0) is 25.5 Å². The number of nitrogens with zero attached hydrogens (tertiary/aromatic N) is 4. The summed E-state index contributed by atoms with van der Waals surface area (Å²) >= 11 is 0. The first-order valence-electron chi connectivity index (χ1n) is 8.88. The van der Waals surface area contributed by atoms with Gasteiger partial charge in [0, 0.05) is 24.0 Å². The summed E-state index contributed by atoms with van der Waals surface area (Å²) in [5.41, 5.74) is 0.581. The summed E-state index contributed by atoms with van der Waals surface area (Å²) in [6.07, 6.45) is 6.16. The fourth-order valence-corrected chi connectivity index (χ4v) is 4.03. The van der Waals surface area contributed by atoms with Crippen LogP contribution in [0.2, 0.25) is 0 Å². The summed E-state index contributed by atoms with van der Waals surface area (Å²) in [6, 6.07) is 6.29. The molecule has 1 aliphatic rings. The van der Waals surface area contributed by atoms with E-state index < -0.39 is 0 Å². The summed E-state index contributed by atoms with van der Waals surface area (Å²) in [4.78, 5) is 4.94. The molecule has 2 unspecified atom stereocenters. The monoisotopic (exact) mass is 325 g/mol. The summed E-state index contributed by atoms with van der Waals surface area (Å²) in [5.74, 6) is 1.85. The molecule has 4 nitrogen and oxygen atoms in total. The number of rotatable bonds is 3. The fourth-order valence-electron chi connectivity index (χ4n) is 4.03. The van der Waals surface area contributed by atoms with Crippen molar-refractivity contribution in [2.24, 2.45) is 0 Å². The van der Waals surface area contributed by atoms with Gasteiger partial charge in [-0.3, -0.25) is 0 Å². The van der Waals surface area contributed by atoms with Crippen molar-refractivity contribution in [3.63, 3.8) is 0 Å². The maximum absolute atomic E-state index is 4.98. The van der Waals surface area contributed by atoms with Gasteiger partial charge < -0.3 is 0 Å². The highest BCUT2D eigenvalue weighted by Gasteiger charge is 2.59. The predicted molar refractivity (Wildman–Crippen MR) is 96.8 cm³/mol. The van der Waals surface area contributed by atoms with Crippen LogP contribution in [0.3, 0.4) is 0 Å².